The van der Waals surface area contributed by atoms with Gasteiger partial charge in [0.15, 0.2) is 0 Å². The minimum atomic E-state index is -1.35. The van der Waals surface area contributed by atoms with Crippen molar-refractivity contribution in [3.8, 4) is 0 Å². The number of esters is 2. The SMILES string of the molecule is CCOC(=O)C1=C(C(=O)O)NC(C)=C(C(=O)OC)C1c1ccccc1Cl. The Balaban J connectivity index is 2.81. The third-order valence-electron chi connectivity index (χ3n) is 3.89. The van der Waals surface area contributed by atoms with E-state index in [1.807, 2.05) is 0 Å². The van der Waals surface area contributed by atoms with Gasteiger partial charge < -0.3 is 19.9 Å². The molecule has 0 amide bonds. The number of benzene rings is 1. The molecule has 8 heteroatoms. The molecule has 0 radical (unpaired) electrons. The molecule has 1 aliphatic heterocycles. The molecular formula is C18H18ClNO6. The van der Waals surface area contributed by atoms with Gasteiger partial charge in [-0.1, -0.05) is 29.8 Å². The van der Waals surface area contributed by atoms with E-state index < -0.39 is 23.8 Å². The largest absolute Gasteiger partial charge is 0.477 e. The van der Waals surface area contributed by atoms with Crippen LogP contribution in [0.3, 0.4) is 0 Å². The van der Waals surface area contributed by atoms with Crippen molar-refractivity contribution in [2.75, 3.05) is 13.7 Å². The molecule has 7 nitrogen and oxygen atoms in total. The van der Waals surface area contributed by atoms with Crippen LogP contribution in [0.5, 0.6) is 0 Å². The van der Waals surface area contributed by atoms with Gasteiger partial charge in [0.1, 0.15) is 5.70 Å². The number of nitrogens with one attached hydrogen (secondary N) is 1. The molecule has 26 heavy (non-hydrogen) atoms. The van der Waals surface area contributed by atoms with Crippen molar-refractivity contribution in [3.05, 3.63) is 57.4 Å². The molecule has 0 aliphatic carbocycles. The first-order valence-electron chi connectivity index (χ1n) is 7.78. The van der Waals surface area contributed by atoms with Crippen LogP contribution in [-0.2, 0) is 23.9 Å². The fourth-order valence-electron chi connectivity index (χ4n) is 2.83. The molecule has 0 saturated carbocycles. The van der Waals surface area contributed by atoms with E-state index in [2.05, 4.69) is 5.32 Å². The van der Waals surface area contributed by atoms with Gasteiger partial charge in [-0.25, -0.2) is 14.4 Å². The van der Waals surface area contributed by atoms with E-state index in [-0.39, 0.29) is 34.2 Å². The number of methoxy groups -OCH3 is 1. The summed E-state index contributed by atoms with van der Waals surface area (Å²) in [7, 11) is 1.20. The van der Waals surface area contributed by atoms with Crippen molar-refractivity contribution >= 4 is 29.5 Å². The van der Waals surface area contributed by atoms with Crippen molar-refractivity contribution < 1.29 is 29.0 Å². The number of carboxylic acids is 1. The van der Waals surface area contributed by atoms with Crippen molar-refractivity contribution in [1.29, 1.82) is 0 Å². The summed E-state index contributed by atoms with van der Waals surface area (Å²) in [6.45, 7) is 3.17. The second-order valence-corrected chi connectivity index (χ2v) is 5.83. The number of hydrogen-bond donors (Lipinski definition) is 2. The maximum atomic E-state index is 12.6. The van der Waals surface area contributed by atoms with Crippen molar-refractivity contribution in [2.24, 2.45) is 0 Å². The van der Waals surface area contributed by atoms with E-state index in [9.17, 15) is 19.5 Å². The van der Waals surface area contributed by atoms with Gasteiger partial charge in [0.25, 0.3) is 0 Å². The average Bonchev–Trinajstić information content (AvgIpc) is 2.60. The molecule has 2 N–H and O–H groups in total. The van der Waals surface area contributed by atoms with Crippen molar-refractivity contribution in [1.82, 2.24) is 5.32 Å². The molecule has 1 aliphatic rings. The van der Waals surface area contributed by atoms with Crippen LogP contribution in [0.15, 0.2) is 46.8 Å². The molecule has 1 atom stereocenters. The third kappa shape index (κ3) is 3.57. The Morgan fingerprint density at radius 1 is 1.19 bits per heavy atom. The number of allylic oxidation sites excluding steroid dienone is 1. The summed E-state index contributed by atoms with van der Waals surface area (Å²) in [6, 6.07) is 6.57. The Morgan fingerprint density at radius 3 is 2.38 bits per heavy atom. The molecule has 0 aromatic heterocycles. The summed E-state index contributed by atoms with van der Waals surface area (Å²) in [5, 5.41) is 12.4. The van der Waals surface area contributed by atoms with Crippen LogP contribution in [0.1, 0.15) is 25.3 Å². The predicted octanol–water partition coefficient (Wildman–Crippen LogP) is 2.38. The van der Waals surface area contributed by atoms with Gasteiger partial charge in [-0.3, -0.25) is 0 Å². The van der Waals surface area contributed by atoms with E-state index in [1.165, 1.54) is 14.0 Å². The number of carbonyl (C=O) groups excluding carboxylic acids is 2. The lowest BCUT2D eigenvalue weighted by molar-refractivity contribution is -0.140. The van der Waals surface area contributed by atoms with Gasteiger partial charge in [0, 0.05) is 10.7 Å². The fourth-order valence-corrected chi connectivity index (χ4v) is 3.07. The molecule has 1 unspecified atom stereocenters. The van der Waals surface area contributed by atoms with Gasteiger partial charge in [-0.15, -0.1) is 0 Å². The van der Waals surface area contributed by atoms with E-state index in [1.54, 1.807) is 31.2 Å². The normalized spacial score (nSPS) is 16.8. The Bertz CT molecular complexity index is 827. The van der Waals surface area contributed by atoms with Gasteiger partial charge >= 0.3 is 17.9 Å². The maximum absolute atomic E-state index is 12.6. The Hall–Kier alpha value is -2.80. The number of carboxylic acid groups (broad SMARTS) is 1. The van der Waals surface area contributed by atoms with Crippen molar-refractivity contribution in [2.45, 2.75) is 19.8 Å². The second-order valence-electron chi connectivity index (χ2n) is 5.42. The van der Waals surface area contributed by atoms with E-state index in [4.69, 9.17) is 21.1 Å². The number of rotatable bonds is 5. The van der Waals surface area contributed by atoms with E-state index in [0.29, 0.717) is 5.56 Å². The van der Waals surface area contributed by atoms with Crippen LogP contribution in [0.2, 0.25) is 5.02 Å². The van der Waals surface area contributed by atoms with Crippen molar-refractivity contribution in [3.63, 3.8) is 0 Å². The zero-order valence-electron chi connectivity index (χ0n) is 14.5. The minimum absolute atomic E-state index is 0.0424. The number of carbonyl (C=O) groups is 3. The summed E-state index contributed by atoms with van der Waals surface area (Å²) in [6.07, 6.45) is 0. The first kappa shape index (κ1) is 19.5. The fraction of sp³-hybridized carbons (Fsp3) is 0.278. The highest BCUT2D eigenvalue weighted by Gasteiger charge is 2.41. The zero-order valence-corrected chi connectivity index (χ0v) is 15.2. The molecule has 1 heterocycles. The first-order valence-corrected chi connectivity index (χ1v) is 8.16. The molecule has 0 fully saturated rings. The molecule has 0 saturated heterocycles. The minimum Gasteiger partial charge on any atom is -0.477 e. The van der Waals surface area contributed by atoms with Crippen LogP contribution in [0.25, 0.3) is 0 Å². The molecule has 2 rings (SSSR count). The molecule has 1 aromatic carbocycles. The summed E-state index contributed by atoms with van der Waals surface area (Å²) in [4.78, 5) is 36.7. The average molecular weight is 380 g/mol. The Morgan fingerprint density at radius 2 is 1.85 bits per heavy atom. The number of halogens is 1. The summed E-state index contributed by atoms with van der Waals surface area (Å²) >= 11 is 6.28. The van der Waals surface area contributed by atoms with E-state index in [0.717, 1.165) is 0 Å². The second kappa shape index (κ2) is 8.05. The Labute approximate surface area is 155 Å². The quantitative estimate of drug-likeness (QED) is 0.757. The molecular weight excluding hydrogens is 362 g/mol. The van der Waals surface area contributed by atoms with Gasteiger partial charge in [-0.2, -0.15) is 0 Å². The van der Waals surface area contributed by atoms with Crippen LogP contribution < -0.4 is 5.32 Å². The van der Waals surface area contributed by atoms with Crippen LogP contribution >= 0.6 is 11.6 Å². The third-order valence-corrected chi connectivity index (χ3v) is 4.24. The zero-order chi connectivity index (χ0) is 19.4. The maximum Gasteiger partial charge on any atom is 0.352 e. The first-order chi connectivity index (χ1) is 12.3. The van der Waals surface area contributed by atoms with Crippen LogP contribution in [0, 0.1) is 0 Å². The van der Waals surface area contributed by atoms with E-state index >= 15 is 0 Å². The lowest BCUT2D eigenvalue weighted by atomic mass is 9.80. The highest BCUT2D eigenvalue weighted by molar-refractivity contribution is 6.31. The summed E-state index contributed by atoms with van der Waals surface area (Å²) < 4.78 is 9.87. The molecule has 0 bridgehead atoms. The Kier molecular flexibility index (Phi) is 6.05. The number of ether oxygens (including phenoxy) is 2. The standard InChI is InChI=1S/C18H18ClNO6/c1-4-26-18(24)14-13(10-7-5-6-8-11(10)19)12(17(23)25-3)9(2)20-15(14)16(21)22/h5-8,13,20H,4H2,1-3H3,(H,21,22). The lowest BCUT2D eigenvalue weighted by Gasteiger charge is -2.30. The van der Waals surface area contributed by atoms with Crippen LogP contribution in [0.4, 0.5) is 0 Å². The highest BCUT2D eigenvalue weighted by atomic mass is 35.5. The van der Waals surface area contributed by atoms with Gasteiger partial charge in [-0.05, 0) is 25.5 Å². The smallest absolute Gasteiger partial charge is 0.352 e. The lowest BCUT2D eigenvalue weighted by Crippen LogP contribution is -2.36. The topological polar surface area (TPSA) is 102 Å². The number of dihydropyridines is 1. The van der Waals surface area contributed by atoms with Crippen LogP contribution in [-0.4, -0.2) is 36.7 Å². The summed E-state index contributed by atoms with van der Waals surface area (Å²) in [5.74, 6) is -3.95. The molecule has 1 aromatic rings. The number of aliphatic carboxylic acids is 1. The monoisotopic (exact) mass is 379 g/mol. The highest BCUT2D eigenvalue weighted by Crippen LogP contribution is 2.41. The van der Waals surface area contributed by atoms with Gasteiger partial charge in [0.2, 0.25) is 0 Å². The number of hydrogen-bond acceptors (Lipinski definition) is 6. The molecule has 0 spiro atoms. The molecule has 138 valence electrons. The van der Waals surface area contributed by atoms with Gasteiger partial charge in [0.05, 0.1) is 30.8 Å². The summed E-state index contributed by atoms with van der Waals surface area (Å²) in [5.41, 5.74) is 0.176. The predicted molar refractivity (Wildman–Crippen MR) is 93.3 cm³/mol.